The van der Waals surface area contributed by atoms with Crippen LogP contribution in [0.5, 0.6) is 5.75 Å². The zero-order valence-corrected chi connectivity index (χ0v) is 21.9. The summed E-state index contributed by atoms with van der Waals surface area (Å²) in [5.41, 5.74) is 9.85. The number of ether oxygens (including phenoxy) is 1. The van der Waals surface area contributed by atoms with Crippen LogP contribution in [-0.2, 0) is 6.54 Å². The van der Waals surface area contributed by atoms with E-state index in [-0.39, 0.29) is 11.9 Å². The number of aromatic nitrogens is 2. The second kappa shape index (κ2) is 10.2. The third-order valence-corrected chi connectivity index (χ3v) is 7.65. The summed E-state index contributed by atoms with van der Waals surface area (Å²) in [5, 5.41) is 18.0. The number of nitrogen functional groups attached to an aromatic ring is 1. The van der Waals surface area contributed by atoms with Gasteiger partial charge in [0.05, 0.1) is 16.9 Å². The first kappa shape index (κ1) is 24.8. The average molecular weight is 497 g/mol. The molecule has 1 fully saturated rings. The zero-order valence-electron chi connectivity index (χ0n) is 21.9. The van der Waals surface area contributed by atoms with E-state index in [0.29, 0.717) is 18.3 Å². The molecule has 7 nitrogen and oxygen atoms in total. The molecule has 0 aliphatic carbocycles. The Morgan fingerprint density at radius 3 is 2.49 bits per heavy atom. The maximum absolute atomic E-state index is 8.00. The van der Waals surface area contributed by atoms with Gasteiger partial charge >= 0.3 is 0 Å². The molecule has 0 radical (unpaired) electrons. The van der Waals surface area contributed by atoms with Gasteiger partial charge in [0.1, 0.15) is 23.5 Å². The summed E-state index contributed by atoms with van der Waals surface area (Å²) in [7, 11) is 0. The molecule has 1 unspecified atom stereocenters. The van der Waals surface area contributed by atoms with Crippen molar-refractivity contribution in [3.63, 3.8) is 0 Å². The number of imidazole rings is 1. The highest BCUT2D eigenvalue weighted by Gasteiger charge is 2.22. The summed E-state index contributed by atoms with van der Waals surface area (Å²) in [4.78, 5) is 7.16. The molecule has 0 saturated carbocycles. The molecule has 1 atom stereocenters. The molecule has 2 heterocycles. The van der Waals surface area contributed by atoms with E-state index >= 15 is 0 Å². The second-order valence-electron chi connectivity index (χ2n) is 10.1. The smallest absolute Gasteiger partial charge is 0.123 e. The number of rotatable bonds is 7. The summed E-state index contributed by atoms with van der Waals surface area (Å²) in [6.07, 6.45) is 2.99. The molecule has 3 aromatic carbocycles. The van der Waals surface area contributed by atoms with Gasteiger partial charge < -0.3 is 19.9 Å². The molecule has 0 bridgehead atoms. The fourth-order valence-corrected chi connectivity index (χ4v) is 5.33. The lowest BCUT2D eigenvalue weighted by molar-refractivity contribution is 0.130. The van der Waals surface area contributed by atoms with E-state index in [0.717, 1.165) is 71.3 Å². The van der Waals surface area contributed by atoms with E-state index in [9.17, 15) is 0 Å². The van der Waals surface area contributed by atoms with Crippen molar-refractivity contribution in [2.75, 3.05) is 13.1 Å². The van der Waals surface area contributed by atoms with Crippen LogP contribution in [0.3, 0.4) is 0 Å². The van der Waals surface area contributed by atoms with E-state index in [2.05, 4.69) is 47.6 Å². The number of benzene rings is 3. The summed E-state index contributed by atoms with van der Waals surface area (Å²) < 4.78 is 8.76. The van der Waals surface area contributed by atoms with Crippen molar-refractivity contribution in [2.45, 2.75) is 58.6 Å². The summed E-state index contributed by atoms with van der Waals surface area (Å²) in [5.74, 6) is 2.97. The number of nitrogens with one attached hydrogen (secondary N) is 2. The van der Waals surface area contributed by atoms with Crippen LogP contribution >= 0.6 is 0 Å². The van der Waals surface area contributed by atoms with Crippen molar-refractivity contribution >= 4 is 33.5 Å². The highest BCUT2D eigenvalue weighted by atomic mass is 16.5. The van der Waals surface area contributed by atoms with Crippen molar-refractivity contribution in [1.29, 1.82) is 10.8 Å². The SMILES string of the molecule is CCC(C)c1nc2ccc(OC3CCN(C(C)=N)CC3)cc2n1Cc1ccc(C(=N)N)c2ccccc12. The monoisotopic (exact) mass is 496 g/mol. The van der Waals surface area contributed by atoms with Gasteiger partial charge in [-0.05, 0) is 41.8 Å². The van der Waals surface area contributed by atoms with Crippen LogP contribution < -0.4 is 10.5 Å². The number of hydrogen-bond donors (Lipinski definition) is 3. The number of nitrogens with zero attached hydrogens (tertiary/aromatic N) is 3. The standard InChI is InChI=1S/C30H36N6O/c1-4-19(2)30-34-27-12-10-23(37-22-13-15-35(16-14-22)20(3)31)17-28(27)36(30)18-21-9-11-26(29(32)33)25-8-6-5-7-24(21)25/h5-12,17,19,22,31H,4,13-16,18H2,1-3H3,(H3,32,33). The molecule has 7 heteroatoms. The van der Waals surface area contributed by atoms with E-state index in [1.165, 1.54) is 5.56 Å². The molecule has 1 aliphatic heterocycles. The number of hydrogen-bond acceptors (Lipinski definition) is 4. The normalized spacial score (nSPS) is 15.3. The van der Waals surface area contributed by atoms with Crippen molar-refractivity contribution in [1.82, 2.24) is 14.5 Å². The van der Waals surface area contributed by atoms with E-state index in [1.807, 2.05) is 37.3 Å². The second-order valence-corrected chi connectivity index (χ2v) is 10.1. The number of nitrogens with two attached hydrogens (primary N) is 1. The minimum Gasteiger partial charge on any atom is -0.490 e. The number of likely N-dealkylation sites (tertiary alicyclic amines) is 1. The molecule has 4 aromatic rings. The fraction of sp³-hybridized carbons (Fsp3) is 0.367. The first-order valence-electron chi connectivity index (χ1n) is 13.2. The summed E-state index contributed by atoms with van der Waals surface area (Å²) in [6.45, 7) is 8.67. The maximum Gasteiger partial charge on any atom is 0.123 e. The summed E-state index contributed by atoms with van der Waals surface area (Å²) >= 11 is 0. The van der Waals surface area contributed by atoms with Crippen LogP contribution in [-0.4, -0.2) is 45.3 Å². The van der Waals surface area contributed by atoms with Crippen LogP contribution in [0.1, 0.15) is 62.9 Å². The van der Waals surface area contributed by atoms with Crippen LogP contribution in [0.4, 0.5) is 0 Å². The number of amidine groups is 2. The molecule has 1 saturated heterocycles. The van der Waals surface area contributed by atoms with E-state index < -0.39 is 0 Å². The van der Waals surface area contributed by atoms with Crippen LogP contribution in [0.25, 0.3) is 21.8 Å². The Hall–Kier alpha value is -3.87. The predicted molar refractivity (Wildman–Crippen MR) is 151 cm³/mol. The molecule has 192 valence electrons. The molecule has 1 aliphatic rings. The third kappa shape index (κ3) is 4.90. The largest absolute Gasteiger partial charge is 0.490 e. The van der Waals surface area contributed by atoms with Crippen molar-refractivity contribution in [2.24, 2.45) is 5.73 Å². The third-order valence-electron chi connectivity index (χ3n) is 7.65. The van der Waals surface area contributed by atoms with Gasteiger partial charge in [0, 0.05) is 50.0 Å². The Morgan fingerprint density at radius 1 is 1.08 bits per heavy atom. The molecule has 0 amide bonds. The fourth-order valence-electron chi connectivity index (χ4n) is 5.33. The summed E-state index contributed by atoms with van der Waals surface area (Å²) in [6, 6.07) is 18.5. The topological polar surface area (TPSA) is 104 Å². The first-order chi connectivity index (χ1) is 17.9. The number of fused-ring (bicyclic) bond motifs is 2. The van der Waals surface area contributed by atoms with Crippen molar-refractivity contribution < 1.29 is 4.74 Å². The van der Waals surface area contributed by atoms with Crippen LogP contribution in [0, 0.1) is 10.8 Å². The number of piperidine rings is 1. The molecular formula is C30H36N6O. The molecule has 1 aromatic heterocycles. The lowest BCUT2D eigenvalue weighted by Crippen LogP contribution is -2.40. The van der Waals surface area contributed by atoms with Gasteiger partial charge in [-0.1, -0.05) is 50.2 Å². The van der Waals surface area contributed by atoms with Crippen LogP contribution in [0.15, 0.2) is 54.6 Å². The maximum atomic E-state index is 8.00. The van der Waals surface area contributed by atoms with Gasteiger partial charge in [0.15, 0.2) is 0 Å². The van der Waals surface area contributed by atoms with Gasteiger partial charge in [-0.3, -0.25) is 10.8 Å². The van der Waals surface area contributed by atoms with Crippen molar-refractivity contribution in [3.8, 4) is 5.75 Å². The lowest BCUT2D eigenvalue weighted by Gasteiger charge is -2.32. The molecule has 0 spiro atoms. The Labute approximate surface area is 218 Å². The van der Waals surface area contributed by atoms with E-state index in [4.69, 9.17) is 26.3 Å². The molecular weight excluding hydrogens is 460 g/mol. The van der Waals surface area contributed by atoms with E-state index in [1.54, 1.807) is 0 Å². The molecule has 5 rings (SSSR count). The first-order valence-corrected chi connectivity index (χ1v) is 13.2. The highest BCUT2D eigenvalue weighted by Crippen LogP contribution is 2.31. The zero-order chi connectivity index (χ0) is 26.1. The highest BCUT2D eigenvalue weighted by molar-refractivity contribution is 6.08. The average Bonchev–Trinajstić information content (AvgIpc) is 3.26. The van der Waals surface area contributed by atoms with Gasteiger partial charge in [-0.2, -0.15) is 0 Å². The minimum atomic E-state index is 0.0829. The van der Waals surface area contributed by atoms with Crippen LogP contribution in [0.2, 0.25) is 0 Å². The Bertz CT molecular complexity index is 1460. The van der Waals surface area contributed by atoms with Crippen molar-refractivity contribution in [3.05, 3.63) is 71.5 Å². The van der Waals surface area contributed by atoms with Gasteiger partial charge in [0.2, 0.25) is 0 Å². The van der Waals surface area contributed by atoms with Gasteiger partial charge in [-0.25, -0.2) is 4.98 Å². The van der Waals surface area contributed by atoms with Gasteiger partial charge in [-0.15, -0.1) is 0 Å². The Morgan fingerprint density at radius 2 is 1.81 bits per heavy atom. The molecule has 4 N–H and O–H groups in total. The van der Waals surface area contributed by atoms with Gasteiger partial charge in [0.25, 0.3) is 0 Å². The molecule has 37 heavy (non-hydrogen) atoms. The Balaban J connectivity index is 1.52. The predicted octanol–water partition coefficient (Wildman–Crippen LogP) is 5.88. The minimum absolute atomic E-state index is 0.0829. The lowest BCUT2D eigenvalue weighted by atomic mass is 9.98. The quantitative estimate of drug-likeness (QED) is 0.220. The Kier molecular flexibility index (Phi) is 6.87.